The Hall–Kier alpha value is -1.15. The summed E-state index contributed by atoms with van der Waals surface area (Å²) in [4.78, 5) is 11.7. The molecule has 0 aromatic heterocycles. The number of hydrogen-bond donors (Lipinski definition) is 0. The Morgan fingerprint density at radius 3 is 2.83 bits per heavy atom. The van der Waals surface area contributed by atoms with Gasteiger partial charge in [0.1, 0.15) is 0 Å². The van der Waals surface area contributed by atoms with Crippen molar-refractivity contribution in [3.63, 3.8) is 0 Å². The third-order valence-corrected chi connectivity index (χ3v) is 6.62. The molecule has 1 spiro atoms. The summed E-state index contributed by atoms with van der Waals surface area (Å²) in [7, 11) is -2.47. The van der Waals surface area contributed by atoms with Crippen molar-refractivity contribution >= 4 is 27.6 Å². The van der Waals surface area contributed by atoms with Gasteiger partial charge in [-0.25, -0.2) is 13.2 Å². The summed E-state index contributed by atoms with van der Waals surface area (Å²) in [6.07, 6.45) is 2.54. The van der Waals surface area contributed by atoms with Gasteiger partial charge < -0.3 is 9.47 Å². The van der Waals surface area contributed by atoms with E-state index in [4.69, 9.17) is 16.3 Å². The van der Waals surface area contributed by atoms with Gasteiger partial charge in [0.2, 0.25) is 10.0 Å². The third-order valence-electron chi connectivity index (χ3n) is 4.45. The number of ether oxygens (including phenoxy) is 2. The first-order valence-corrected chi connectivity index (χ1v) is 9.22. The van der Waals surface area contributed by atoms with Crippen LogP contribution in [0.15, 0.2) is 23.1 Å². The van der Waals surface area contributed by atoms with Crippen LogP contribution in [0, 0.1) is 0 Å². The Kier molecular flexibility index (Phi) is 4.39. The van der Waals surface area contributed by atoms with E-state index in [0.29, 0.717) is 26.1 Å². The Balaban J connectivity index is 1.90. The lowest BCUT2D eigenvalue weighted by atomic mass is 10.00. The SMILES string of the molecule is COC(=O)c1cc(S(=O)(=O)N2CCC3(CCCO3)C2)ccc1Cl. The molecular weight excluding hydrogens is 342 g/mol. The first-order valence-electron chi connectivity index (χ1n) is 7.40. The lowest BCUT2D eigenvalue weighted by Gasteiger charge is -2.23. The van der Waals surface area contributed by atoms with Crippen LogP contribution < -0.4 is 0 Å². The molecule has 1 unspecified atom stereocenters. The van der Waals surface area contributed by atoms with E-state index in [1.54, 1.807) is 0 Å². The molecule has 0 amide bonds. The molecule has 2 fully saturated rings. The molecule has 126 valence electrons. The molecule has 0 N–H and O–H groups in total. The molecule has 0 saturated carbocycles. The summed E-state index contributed by atoms with van der Waals surface area (Å²) < 4.78 is 37.5. The lowest BCUT2D eigenvalue weighted by Crippen LogP contribution is -2.35. The minimum absolute atomic E-state index is 0.0392. The molecular formula is C15H18ClNO5S. The molecule has 8 heteroatoms. The van der Waals surface area contributed by atoms with E-state index >= 15 is 0 Å². The molecule has 2 aliphatic rings. The number of nitrogens with zero attached hydrogens (tertiary/aromatic N) is 1. The van der Waals surface area contributed by atoms with Gasteiger partial charge in [-0.1, -0.05) is 11.6 Å². The second-order valence-electron chi connectivity index (χ2n) is 5.86. The quantitative estimate of drug-likeness (QED) is 0.772. The molecule has 2 heterocycles. The average molecular weight is 360 g/mol. The zero-order chi connectivity index (χ0) is 16.7. The van der Waals surface area contributed by atoms with Gasteiger partial charge in [0, 0.05) is 19.7 Å². The Bertz CT molecular complexity index is 727. The van der Waals surface area contributed by atoms with Crippen LogP contribution in [0.4, 0.5) is 0 Å². The van der Waals surface area contributed by atoms with Crippen LogP contribution in [0.2, 0.25) is 5.02 Å². The molecule has 0 radical (unpaired) electrons. The Morgan fingerprint density at radius 1 is 1.39 bits per heavy atom. The van der Waals surface area contributed by atoms with E-state index in [1.807, 2.05) is 0 Å². The second-order valence-corrected chi connectivity index (χ2v) is 8.20. The Morgan fingerprint density at radius 2 is 2.17 bits per heavy atom. The van der Waals surface area contributed by atoms with Crippen molar-refractivity contribution in [3.05, 3.63) is 28.8 Å². The zero-order valence-electron chi connectivity index (χ0n) is 12.7. The van der Waals surface area contributed by atoms with Crippen molar-refractivity contribution in [2.24, 2.45) is 0 Å². The van der Waals surface area contributed by atoms with Crippen LogP contribution in [-0.2, 0) is 19.5 Å². The molecule has 0 bridgehead atoms. The summed E-state index contributed by atoms with van der Waals surface area (Å²) in [5, 5.41) is 0.160. The van der Waals surface area contributed by atoms with Crippen molar-refractivity contribution in [2.45, 2.75) is 29.8 Å². The maximum absolute atomic E-state index is 12.8. The monoisotopic (exact) mass is 359 g/mol. The number of halogens is 1. The van der Waals surface area contributed by atoms with E-state index in [9.17, 15) is 13.2 Å². The molecule has 1 aromatic rings. The minimum atomic E-state index is -3.70. The van der Waals surface area contributed by atoms with Crippen molar-refractivity contribution < 1.29 is 22.7 Å². The van der Waals surface area contributed by atoms with E-state index in [2.05, 4.69) is 4.74 Å². The number of carbonyl (C=O) groups is 1. The summed E-state index contributed by atoms with van der Waals surface area (Å²) in [5.74, 6) is -0.663. The highest BCUT2D eigenvalue weighted by Gasteiger charge is 2.45. The van der Waals surface area contributed by atoms with Gasteiger partial charge in [-0.3, -0.25) is 0 Å². The van der Waals surface area contributed by atoms with Gasteiger partial charge >= 0.3 is 5.97 Å². The number of sulfonamides is 1. The van der Waals surface area contributed by atoms with Crippen molar-refractivity contribution in [1.29, 1.82) is 0 Å². The Labute approximate surface area is 140 Å². The van der Waals surface area contributed by atoms with Gasteiger partial charge in [0.05, 0.1) is 28.2 Å². The van der Waals surface area contributed by atoms with Crippen LogP contribution in [0.1, 0.15) is 29.6 Å². The van der Waals surface area contributed by atoms with Gasteiger partial charge in [0.25, 0.3) is 0 Å². The molecule has 2 aliphatic heterocycles. The van der Waals surface area contributed by atoms with Crippen LogP contribution in [0.5, 0.6) is 0 Å². The molecule has 0 aliphatic carbocycles. The fourth-order valence-electron chi connectivity index (χ4n) is 3.17. The maximum atomic E-state index is 12.8. The normalized spacial score (nSPS) is 25.1. The number of benzene rings is 1. The summed E-state index contributed by atoms with van der Waals surface area (Å²) in [6, 6.07) is 4.08. The molecule has 3 rings (SSSR count). The fourth-order valence-corrected chi connectivity index (χ4v) is 4.91. The maximum Gasteiger partial charge on any atom is 0.339 e. The molecule has 1 atom stereocenters. The molecule has 1 aromatic carbocycles. The largest absolute Gasteiger partial charge is 0.465 e. The first-order chi connectivity index (χ1) is 10.9. The number of hydrogen-bond acceptors (Lipinski definition) is 5. The highest BCUT2D eigenvalue weighted by molar-refractivity contribution is 7.89. The summed E-state index contributed by atoms with van der Waals surface area (Å²) in [5.41, 5.74) is -0.300. The fraction of sp³-hybridized carbons (Fsp3) is 0.533. The highest BCUT2D eigenvalue weighted by Crippen LogP contribution is 2.37. The van der Waals surface area contributed by atoms with Crippen LogP contribution in [-0.4, -0.2) is 51.1 Å². The second kappa shape index (κ2) is 6.05. The van der Waals surface area contributed by atoms with Crippen LogP contribution in [0.25, 0.3) is 0 Å². The smallest absolute Gasteiger partial charge is 0.339 e. The predicted molar refractivity (Wildman–Crippen MR) is 84.1 cm³/mol. The molecule has 23 heavy (non-hydrogen) atoms. The summed E-state index contributed by atoms with van der Waals surface area (Å²) in [6.45, 7) is 1.45. The van der Waals surface area contributed by atoms with Crippen molar-refractivity contribution in [2.75, 3.05) is 26.8 Å². The first kappa shape index (κ1) is 16.7. The topological polar surface area (TPSA) is 72.9 Å². The number of methoxy groups -OCH3 is 1. The predicted octanol–water partition coefficient (Wildman–Crippen LogP) is 2.07. The minimum Gasteiger partial charge on any atom is -0.465 e. The van der Waals surface area contributed by atoms with Gasteiger partial charge in [-0.2, -0.15) is 4.31 Å². The third kappa shape index (κ3) is 2.98. The van der Waals surface area contributed by atoms with E-state index in [0.717, 1.165) is 12.8 Å². The van der Waals surface area contributed by atoms with Gasteiger partial charge in [-0.05, 0) is 37.5 Å². The van der Waals surface area contributed by atoms with Gasteiger partial charge in [0.15, 0.2) is 0 Å². The van der Waals surface area contributed by atoms with Crippen LogP contribution >= 0.6 is 11.6 Å². The number of esters is 1. The van der Waals surface area contributed by atoms with E-state index in [-0.39, 0.29) is 21.1 Å². The lowest BCUT2D eigenvalue weighted by molar-refractivity contribution is 0.0175. The zero-order valence-corrected chi connectivity index (χ0v) is 14.3. The number of carbonyl (C=O) groups excluding carboxylic acids is 1. The van der Waals surface area contributed by atoms with Gasteiger partial charge in [-0.15, -0.1) is 0 Å². The van der Waals surface area contributed by atoms with Crippen molar-refractivity contribution in [3.8, 4) is 0 Å². The van der Waals surface area contributed by atoms with E-state index < -0.39 is 16.0 Å². The molecule has 2 saturated heterocycles. The average Bonchev–Trinajstić information content (AvgIpc) is 3.17. The summed E-state index contributed by atoms with van der Waals surface area (Å²) >= 11 is 5.95. The van der Waals surface area contributed by atoms with Crippen molar-refractivity contribution in [1.82, 2.24) is 4.31 Å². The standard InChI is InChI=1S/C15H18ClNO5S/c1-21-14(18)12-9-11(3-4-13(12)16)23(19,20)17-7-6-15(10-17)5-2-8-22-15/h3-4,9H,2,5-8,10H2,1H3. The molecule has 6 nitrogen and oxygen atoms in total. The highest BCUT2D eigenvalue weighted by atomic mass is 35.5. The number of rotatable bonds is 3. The van der Waals surface area contributed by atoms with Crippen LogP contribution in [0.3, 0.4) is 0 Å². The van der Waals surface area contributed by atoms with E-state index in [1.165, 1.54) is 29.6 Å².